The molecule has 0 spiro atoms. The molecular weight excluding hydrogens is 254 g/mol. The third-order valence-electron chi connectivity index (χ3n) is 4.52. The molecule has 2 heterocycles. The van der Waals surface area contributed by atoms with E-state index in [1.807, 2.05) is 23.5 Å². The summed E-state index contributed by atoms with van der Waals surface area (Å²) in [6, 6.07) is 10.7. The molecule has 19 heavy (non-hydrogen) atoms. The second-order valence-corrected chi connectivity index (χ2v) is 6.52. The average Bonchev–Trinajstić information content (AvgIpc) is 3.04. The summed E-state index contributed by atoms with van der Waals surface area (Å²) in [5, 5.41) is 15.6. The molecule has 2 aromatic rings. The van der Waals surface area contributed by atoms with Gasteiger partial charge in [-0.25, -0.2) is 0 Å². The number of hydrogen-bond donors (Lipinski definition) is 2. The van der Waals surface area contributed by atoms with E-state index >= 15 is 0 Å². The van der Waals surface area contributed by atoms with E-state index in [0.29, 0.717) is 23.6 Å². The second kappa shape index (κ2) is 4.36. The molecule has 1 saturated heterocycles. The molecule has 2 N–H and O–H groups in total. The van der Waals surface area contributed by atoms with Crippen molar-refractivity contribution < 1.29 is 5.11 Å². The number of thiophene rings is 1. The van der Waals surface area contributed by atoms with E-state index in [9.17, 15) is 5.11 Å². The first-order valence-corrected chi connectivity index (χ1v) is 7.82. The summed E-state index contributed by atoms with van der Waals surface area (Å²) in [5.41, 5.74) is 2.72. The highest BCUT2D eigenvalue weighted by molar-refractivity contribution is 7.10. The van der Waals surface area contributed by atoms with Crippen molar-refractivity contribution in [2.24, 2.45) is 5.92 Å². The highest BCUT2D eigenvalue weighted by Crippen LogP contribution is 2.53. The lowest BCUT2D eigenvalue weighted by Crippen LogP contribution is -2.32. The van der Waals surface area contributed by atoms with Gasteiger partial charge in [-0.05, 0) is 60.0 Å². The van der Waals surface area contributed by atoms with E-state index in [0.717, 1.165) is 6.54 Å². The Kier molecular flexibility index (Phi) is 2.64. The Bertz CT molecular complexity index is 593. The molecule has 1 fully saturated rings. The number of fused-ring (bicyclic) bond motifs is 3. The SMILES string of the molecule is Oc1ccc2c(c1)C1NCCCC1C2c1cccs1. The van der Waals surface area contributed by atoms with Gasteiger partial charge in [0.15, 0.2) is 0 Å². The average molecular weight is 271 g/mol. The van der Waals surface area contributed by atoms with E-state index in [1.54, 1.807) is 0 Å². The zero-order chi connectivity index (χ0) is 12.8. The molecule has 1 aliphatic carbocycles. The number of nitrogens with one attached hydrogen (secondary N) is 1. The van der Waals surface area contributed by atoms with Crippen molar-refractivity contribution in [3.8, 4) is 5.75 Å². The van der Waals surface area contributed by atoms with Crippen molar-refractivity contribution in [2.75, 3.05) is 6.54 Å². The van der Waals surface area contributed by atoms with Crippen LogP contribution in [0.2, 0.25) is 0 Å². The largest absolute Gasteiger partial charge is 0.508 e. The van der Waals surface area contributed by atoms with E-state index in [-0.39, 0.29) is 0 Å². The van der Waals surface area contributed by atoms with Crippen molar-refractivity contribution in [1.82, 2.24) is 5.32 Å². The van der Waals surface area contributed by atoms with E-state index in [2.05, 4.69) is 28.9 Å². The molecule has 98 valence electrons. The van der Waals surface area contributed by atoms with Gasteiger partial charge in [-0.1, -0.05) is 12.1 Å². The molecule has 0 saturated carbocycles. The first-order chi connectivity index (χ1) is 9.34. The molecular formula is C16H17NOS. The molecule has 1 aromatic carbocycles. The van der Waals surface area contributed by atoms with Crippen LogP contribution in [-0.2, 0) is 0 Å². The topological polar surface area (TPSA) is 32.3 Å². The molecule has 0 amide bonds. The molecule has 3 atom stereocenters. The maximum atomic E-state index is 9.78. The van der Waals surface area contributed by atoms with Gasteiger partial charge < -0.3 is 10.4 Å². The van der Waals surface area contributed by atoms with Crippen LogP contribution in [0.25, 0.3) is 0 Å². The van der Waals surface area contributed by atoms with Gasteiger partial charge in [-0.15, -0.1) is 11.3 Å². The summed E-state index contributed by atoms with van der Waals surface area (Å²) in [6.07, 6.45) is 2.53. The number of phenolic OH excluding ortho intramolecular Hbond substituents is 1. The molecule has 2 aliphatic rings. The maximum absolute atomic E-state index is 9.78. The zero-order valence-corrected chi connectivity index (χ0v) is 11.5. The zero-order valence-electron chi connectivity index (χ0n) is 10.7. The van der Waals surface area contributed by atoms with Crippen LogP contribution in [0.4, 0.5) is 0 Å². The summed E-state index contributed by atoms with van der Waals surface area (Å²) >= 11 is 1.85. The van der Waals surface area contributed by atoms with Gasteiger partial charge in [0.05, 0.1) is 0 Å². The fraction of sp³-hybridized carbons (Fsp3) is 0.375. The summed E-state index contributed by atoms with van der Waals surface area (Å²) < 4.78 is 0. The molecule has 0 bridgehead atoms. The number of phenols is 1. The Morgan fingerprint density at radius 2 is 2.16 bits per heavy atom. The minimum absolute atomic E-state index is 0.386. The normalized spacial score (nSPS) is 28.9. The molecule has 4 rings (SSSR count). The summed E-state index contributed by atoms with van der Waals surface area (Å²) in [5.74, 6) is 1.54. The summed E-state index contributed by atoms with van der Waals surface area (Å²) in [4.78, 5) is 1.46. The first-order valence-electron chi connectivity index (χ1n) is 6.94. The predicted molar refractivity (Wildman–Crippen MR) is 77.7 cm³/mol. The van der Waals surface area contributed by atoms with Crippen molar-refractivity contribution in [1.29, 1.82) is 0 Å². The Hall–Kier alpha value is -1.32. The van der Waals surface area contributed by atoms with Gasteiger partial charge in [0.1, 0.15) is 5.75 Å². The van der Waals surface area contributed by atoms with Crippen molar-refractivity contribution in [2.45, 2.75) is 24.8 Å². The van der Waals surface area contributed by atoms with Gasteiger partial charge in [-0.3, -0.25) is 0 Å². The van der Waals surface area contributed by atoms with E-state index in [4.69, 9.17) is 0 Å². The Balaban J connectivity index is 1.87. The van der Waals surface area contributed by atoms with Gasteiger partial charge in [-0.2, -0.15) is 0 Å². The van der Waals surface area contributed by atoms with Crippen molar-refractivity contribution in [3.05, 3.63) is 51.7 Å². The van der Waals surface area contributed by atoms with Crippen molar-refractivity contribution in [3.63, 3.8) is 0 Å². The van der Waals surface area contributed by atoms with Crippen LogP contribution in [-0.4, -0.2) is 11.7 Å². The van der Waals surface area contributed by atoms with Crippen LogP contribution in [0.1, 0.15) is 40.8 Å². The van der Waals surface area contributed by atoms with Crippen molar-refractivity contribution >= 4 is 11.3 Å². The Labute approximate surface area is 117 Å². The van der Waals surface area contributed by atoms with Gasteiger partial charge in [0, 0.05) is 16.8 Å². The number of hydrogen-bond acceptors (Lipinski definition) is 3. The Morgan fingerprint density at radius 1 is 1.21 bits per heavy atom. The number of aromatic hydroxyl groups is 1. The van der Waals surface area contributed by atoms with Crippen LogP contribution in [0.15, 0.2) is 35.7 Å². The highest BCUT2D eigenvalue weighted by Gasteiger charge is 2.42. The lowest BCUT2D eigenvalue weighted by Gasteiger charge is -2.30. The highest BCUT2D eigenvalue weighted by atomic mass is 32.1. The lowest BCUT2D eigenvalue weighted by atomic mass is 9.84. The fourth-order valence-corrected chi connectivity index (χ4v) is 4.71. The molecule has 3 heteroatoms. The molecule has 1 aliphatic heterocycles. The third-order valence-corrected chi connectivity index (χ3v) is 5.48. The van der Waals surface area contributed by atoms with Crippen LogP contribution in [0.5, 0.6) is 5.75 Å². The fourth-order valence-electron chi connectivity index (χ4n) is 3.79. The quantitative estimate of drug-likeness (QED) is 0.830. The smallest absolute Gasteiger partial charge is 0.115 e. The van der Waals surface area contributed by atoms with E-state index < -0.39 is 0 Å². The van der Waals surface area contributed by atoms with Gasteiger partial charge >= 0.3 is 0 Å². The third kappa shape index (κ3) is 1.72. The maximum Gasteiger partial charge on any atom is 0.115 e. The van der Waals surface area contributed by atoms with E-state index in [1.165, 1.54) is 28.8 Å². The monoisotopic (exact) mass is 271 g/mol. The number of rotatable bonds is 1. The molecule has 1 aromatic heterocycles. The summed E-state index contributed by atoms with van der Waals surface area (Å²) in [7, 11) is 0. The van der Waals surface area contributed by atoms with Crippen LogP contribution in [0, 0.1) is 5.92 Å². The molecule has 0 radical (unpaired) electrons. The first kappa shape index (κ1) is 11.5. The molecule has 3 unspecified atom stereocenters. The minimum Gasteiger partial charge on any atom is -0.508 e. The lowest BCUT2D eigenvalue weighted by molar-refractivity contribution is 0.288. The molecule has 2 nitrogen and oxygen atoms in total. The minimum atomic E-state index is 0.386. The standard InChI is InChI=1S/C16H17NOS/c18-10-5-6-11-13(9-10)16-12(3-1-7-17-16)15(11)14-4-2-8-19-14/h2,4-6,8-9,12,15-18H,1,3,7H2. The summed E-state index contributed by atoms with van der Waals surface area (Å²) in [6.45, 7) is 1.09. The second-order valence-electron chi connectivity index (χ2n) is 5.54. The van der Waals surface area contributed by atoms with Crippen LogP contribution < -0.4 is 5.32 Å². The number of benzene rings is 1. The number of piperidine rings is 1. The van der Waals surface area contributed by atoms with Crippen LogP contribution >= 0.6 is 11.3 Å². The predicted octanol–water partition coefficient (Wildman–Crippen LogP) is 3.64. The Morgan fingerprint density at radius 3 is 3.00 bits per heavy atom. The van der Waals surface area contributed by atoms with Crippen LogP contribution in [0.3, 0.4) is 0 Å². The van der Waals surface area contributed by atoms with Gasteiger partial charge in [0.2, 0.25) is 0 Å². The van der Waals surface area contributed by atoms with Gasteiger partial charge in [0.25, 0.3) is 0 Å².